The molecule has 0 aliphatic rings. The lowest BCUT2D eigenvalue weighted by atomic mass is 10.1. The number of rotatable bonds is 6. The van der Waals surface area contributed by atoms with Gasteiger partial charge in [-0.3, -0.25) is 4.79 Å². The second-order valence-electron chi connectivity index (χ2n) is 5.16. The molecule has 0 saturated carbocycles. The van der Waals surface area contributed by atoms with E-state index in [4.69, 9.17) is 0 Å². The minimum atomic E-state index is -4.47. The summed E-state index contributed by atoms with van der Waals surface area (Å²) >= 11 is 0. The molecule has 0 unspecified atom stereocenters. The van der Waals surface area contributed by atoms with E-state index in [1.165, 1.54) is 36.4 Å². The van der Waals surface area contributed by atoms with Gasteiger partial charge in [-0.2, -0.15) is 22.0 Å². The summed E-state index contributed by atoms with van der Waals surface area (Å²) in [6, 6.07) is 10.4. The topological polar surface area (TPSA) is 38.3 Å². The molecule has 8 heteroatoms. The first-order chi connectivity index (χ1) is 12.3. The van der Waals surface area contributed by atoms with Gasteiger partial charge >= 0.3 is 12.8 Å². The molecule has 0 aromatic heterocycles. The first-order valence-corrected chi connectivity index (χ1v) is 7.41. The van der Waals surface area contributed by atoms with E-state index in [0.29, 0.717) is 5.56 Å². The minimum Gasteiger partial charge on any atom is -0.434 e. The third-order valence-electron chi connectivity index (χ3n) is 3.28. The molecule has 0 radical (unpaired) electrons. The highest BCUT2D eigenvalue weighted by Gasteiger charge is 2.30. The maximum atomic E-state index is 12.6. The van der Waals surface area contributed by atoms with Crippen LogP contribution in [0.5, 0.6) is 5.75 Å². The number of halogens is 5. The maximum Gasteiger partial charge on any atom is 0.416 e. The van der Waals surface area contributed by atoms with Crippen molar-refractivity contribution in [2.24, 2.45) is 0 Å². The summed E-state index contributed by atoms with van der Waals surface area (Å²) in [5.41, 5.74) is -0.275. The van der Waals surface area contributed by atoms with Crippen molar-refractivity contribution in [2.75, 3.05) is 0 Å². The zero-order valence-electron chi connectivity index (χ0n) is 13.3. The van der Waals surface area contributed by atoms with Crippen LogP contribution in [0.4, 0.5) is 22.0 Å². The molecule has 3 nitrogen and oxygen atoms in total. The van der Waals surface area contributed by atoms with Gasteiger partial charge in [0.1, 0.15) is 5.75 Å². The van der Waals surface area contributed by atoms with Gasteiger partial charge in [0.15, 0.2) is 0 Å². The highest BCUT2D eigenvalue weighted by atomic mass is 19.4. The first-order valence-electron chi connectivity index (χ1n) is 7.41. The standard InChI is InChI=1S/C18H14F5NO2/c19-17(20)26-15-7-2-1-5-13(15)11-24-16(25)9-8-12-4-3-6-14(10-12)18(21,22)23/h1-10,17H,11H2,(H,24,25)/b9-8+. The number of para-hydroxylation sites is 1. The van der Waals surface area contributed by atoms with E-state index in [2.05, 4.69) is 10.1 Å². The van der Waals surface area contributed by atoms with Gasteiger partial charge in [0, 0.05) is 18.2 Å². The molecule has 26 heavy (non-hydrogen) atoms. The molecule has 0 bridgehead atoms. The fourth-order valence-corrected chi connectivity index (χ4v) is 2.09. The van der Waals surface area contributed by atoms with Crippen molar-refractivity contribution in [3.8, 4) is 5.75 Å². The van der Waals surface area contributed by atoms with E-state index in [1.54, 1.807) is 6.07 Å². The number of amides is 1. The molecule has 1 N–H and O–H groups in total. The van der Waals surface area contributed by atoms with E-state index >= 15 is 0 Å². The summed E-state index contributed by atoms with van der Waals surface area (Å²) in [4.78, 5) is 11.8. The van der Waals surface area contributed by atoms with E-state index in [-0.39, 0.29) is 17.9 Å². The van der Waals surface area contributed by atoms with Gasteiger partial charge in [-0.25, -0.2) is 0 Å². The van der Waals surface area contributed by atoms with Crippen molar-refractivity contribution in [2.45, 2.75) is 19.3 Å². The van der Waals surface area contributed by atoms with Crippen LogP contribution in [0.25, 0.3) is 6.08 Å². The molecule has 0 fully saturated rings. The zero-order valence-corrected chi connectivity index (χ0v) is 13.3. The summed E-state index contributed by atoms with van der Waals surface area (Å²) in [5.74, 6) is -0.654. The Morgan fingerprint density at radius 3 is 2.54 bits per heavy atom. The Balaban J connectivity index is 1.99. The van der Waals surface area contributed by atoms with Gasteiger partial charge in [-0.15, -0.1) is 0 Å². The number of benzene rings is 2. The maximum absolute atomic E-state index is 12.6. The van der Waals surface area contributed by atoms with E-state index in [0.717, 1.165) is 18.2 Å². The Bertz CT molecular complexity index is 787. The Hall–Kier alpha value is -2.90. The second kappa shape index (κ2) is 8.46. The fourth-order valence-electron chi connectivity index (χ4n) is 2.09. The van der Waals surface area contributed by atoms with Crippen LogP contribution in [-0.4, -0.2) is 12.5 Å². The van der Waals surface area contributed by atoms with Crippen LogP contribution < -0.4 is 10.1 Å². The highest BCUT2D eigenvalue weighted by Crippen LogP contribution is 2.29. The number of carbonyl (C=O) groups excluding carboxylic acids is 1. The Morgan fingerprint density at radius 1 is 1.12 bits per heavy atom. The van der Waals surface area contributed by atoms with Crippen LogP contribution in [0.3, 0.4) is 0 Å². The van der Waals surface area contributed by atoms with Crippen LogP contribution in [0.1, 0.15) is 16.7 Å². The monoisotopic (exact) mass is 371 g/mol. The molecule has 0 heterocycles. The number of hydrogen-bond donors (Lipinski definition) is 1. The molecule has 138 valence electrons. The lowest BCUT2D eigenvalue weighted by molar-refractivity contribution is -0.137. The molecule has 1 amide bonds. The summed E-state index contributed by atoms with van der Waals surface area (Å²) < 4.78 is 66.9. The van der Waals surface area contributed by atoms with Crippen molar-refractivity contribution in [3.63, 3.8) is 0 Å². The molecule has 0 spiro atoms. The van der Waals surface area contributed by atoms with Gasteiger partial charge in [0.2, 0.25) is 5.91 Å². The van der Waals surface area contributed by atoms with Gasteiger partial charge in [0.25, 0.3) is 0 Å². The lowest BCUT2D eigenvalue weighted by Crippen LogP contribution is -2.21. The largest absolute Gasteiger partial charge is 0.434 e. The SMILES string of the molecule is O=C(/C=C/c1cccc(C(F)(F)F)c1)NCc1ccccc1OC(F)F. The van der Waals surface area contributed by atoms with Crippen LogP contribution in [0.15, 0.2) is 54.6 Å². The van der Waals surface area contributed by atoms with Gasteiger partial charge in [0.05, 0.1) is 5.56 Å². The van der Waals surface area contributed by atoms with E-state index in [1.807, 2.05) is 0 Å². The molecule has 0 saturated heterocycles. The molecule has 0 aliphatic heterocycles. The minimum absolute atomic E-state index is 0.0651. The van der Waals surface area contributed by atoms with Crippen LogP contribution in [-0.2, 0) is 17.5 Å². The normalized spacial score (nSPS) is 11.8. The average molecular weight is 371 g/mol. The molecular formula is C18H14F5NO2. The second-order valence-corrected chi connectivity index (χ2v) is 5.16. The van der Waals surface area contributed by atoms with Crippen molar-refractivity contribution in [1.29, 1.82) is 0 Å². The third-order valence-corrected chi connectivity index (χ3v) is 3.28. The summed E-state index contributed by atoms with van der Waals surface area (Å²) in [5, 5.41) is 2.45. The van der Waals surface area contributed by atoms with Crippen molar-refractivity contribution in [3.05, 3.63) is 71.3 Å². The molecule has 0 aliphatic carbocycles. The number of ether oxygens (including phenoxy) is 1. The number of hydrogen-bond acceptors (Lipinski definition) is 2. The predicted molar refractivity (Wildman–Crippen MR) is 85.4 cm³/mol. The summed E-state index contributed by atoms with van der Waals surface area (Å²) in [6.45, 7) is -3.07. The predicted octanol–water partition coefficient (Wildman–Crippen LogP) is 4.64. The number of nitrogens with one attached hydrogen (secondary N) is 1. The van der Waals surface area contributed by atoms with Gasteiger partial charge < -0.3 is 10.1 Å². The van der Waals surface area contributed by atoms with E-state index < -0.39 is 24.3 Å². The molecule has 0 atom stereocenters. The quantitative estimate of drug-likeness (QED) is 0.594. The van der Waals surface area contributed by atoms with Crippen LogP contribution in [0.2, 0.25) is 0 Å². The van der Waals surface area contributed by atoms with E-state index in [9.17, 15) is 26.7 Å². The Kier molecular flexibility index (Phi) is 6.32. The lowest BCUT2D eigenvalue weighted by Gasteiger charge is -2.10. The number of carbonyl (C=O) groups is 1. The van der Waals surface area contributed by atoms with Crippen molar-refractivity contribution in [1.82, 2.24) is 5.32 Å². The average Bonchev–Trinajstić information content (AvgIpc) is 2.58. The van der Waals surface area contributed by atoms with Gasteiger partial charge in [-0.1, -0.05) is 30.3 Å². The van der Waals surface area contributed by atoms with Crippen LogP contribution in [0, 0.1) is 0 Å². The molecule has 2 aromatic carbocycles. The molecular weight excluding hydrogens is 357 g/mol. The fraction of sp³-hybridized carbons (Fsp3) is 0.167. The Morgan fingerprint density at radius 2 is 1.85 bits per heavy atom. The first kappa shape index (κ1) is 19.4. The van der Waals surface area contributed by atoms with Crippen molar-refractivity contribution < 1.29 is 31.5 Å². The smallest absolute Gasteiger partial charge is 0.416 e. The zero-order chi connectivity index (χ0) is 19.2. The van der Waals surface area contributed by atoms with Crippen LogP contribution >= 0.6 is 0 Å². The molecule has 2 rings (SSSR count). The number of alkyl halides is 5. The third kappa shape index (κ3) is 5.87. The van der Waals surface area contributed by atoms with Crippen molar-refractivity contribution >= 4 is 12.0 Å². The summed E-state index contributed by atoms with van der Waals surface area (Å²) in [7, 11) is 0. The summed E-state index contributed by atoms with van der Waals surface area (Å²) in [6.07, 6.45) is -2.18. The Labute approximate surface area is 146 Å². The van der Waals surface area contributed by atoms with Gasteiger partial charge in [-0.05, 0) is 29.8 Å². The highest BCUT2D eigenvalue weighted by molar-refractivity contribution is 5.91. The molecule has 2 aromatic rings.